The molecule has 200 valence electrons. The average Bonchev–Trinajstić information content (AvgIpc) is 3.20. The highest BCUT2D eigenvalue weighted by molar-refractivity contribution is 8.01. The molecule has 1 aliphatic heterocycles. The summed E-state index contributed by atoms with van der Waals surface area (Å²) in [5, 5.41) is 13.3. The maximum Gasteiger partial charge on any atom is 0.239 e. The van der Waals surface area contributed by atoms with E-state index in [0.29, 0.717) is 24.6 Å². The van der Waals surface area contributed by atoms with Crippen LogP contribution in [0.3, 0.4) is 0 Å². The Morgan fingerprint density at radius 2 is 1.84 bits per heavy atom. The van der Waals surface area contributed by atoms with Crippen LogP contribution in [-0.4, -0.2) is 46.8 Å². The fourth-order valence-electron chi connectivity index (χ4n) is 4.79. The molecule has 1 aliphatic rings. The first-order valence-corrected chi connectivity index (χ1v) is 13.8. The third-order valence-corrected chi connectivity index (χ3v) is 8.57. The number of aliphatic hydroxyl groups excluding tert-OH is 1. The number of nitrogens with zero attached hydrogens (tertiary/aromatic N) is 1. The summed E-state index contributed by atoms with van der Waals surface area (Å²) in [6.45, 7) is 3.18. The standard InChI is InChI=1S/C30H33ClN2O4S/c1-21-8-14-25(15-9-21)38-30(29(36)32-16-5-17-37-2)18-27(35)33(19-24-6-3-4-7-26(24)31)28(30)23-12-10-22(20-34)11-13-23/h3-4,6-15,28,34H,5,16-20H2,1-2H3,(H,32,36)/t28-,30-/m1/s1. The molecular formula is C30H33ClN2O4S. The Labute approximate surface area is 233 Å². The molecule has 0 saturated carbocycles. The number of amides is 2. The van der Waals surface area contributed by atoms with Crippen molar-refractivity contribution in [2.45, 2.75) is 48.6 Å². The molecule has 0 spiro atoms. The molecule has 3 aromatic carbocycles. The second-order valence-electron chi connectivity index (χ2n) is 9.50. The molecule has 0 radical (unpaired) electrons. The Hall–Kier alpha value is -2.84. The zero-order valence-corrected chi connectivity index (χ0v) is 23.2. The molecule has 2 N–H and O–H groups in total. The van der Waals surface area contributed by atoms with Gasteiger partial charge in [0.15, 0.2) is 0 Å². The van der Waals surface area contributed by atoms with Gasteiger partial charge in [0.05, 0.1) is 19.1 Å². The quantitative estimate of drug-likeness (QED) is 0.316. The fourth-order valence-corrected chi connectivity index (χ4v) is 6.41. The van der Waals surface area contributed by atoms with Gasteiger partial charge in [-0.15, -0.1) is 11.8 Å². The van der Waals surface area contributed by atoms with Crippen molar-refractivity contribution in [1.29, 1.82) is 0 Å². The number of methoxy groups -OCH3 is 1. The van der Waals surface area contributed by atoms with Crippen LogP contribution in [0.4, 0.5) is 0 Å². The molecule has 1 saturated heterocycles. The number of ether oxygens (including phenoxy) is 1. The molecule has 6 nitrogen and oxygen atoms in total. The number of rotatable bonds is 11. The van der Waals surface area contributed by atoms with Gasteiger partial charge in [-0.1, -0.05) is 71.8 Å². The van der Waals surface area contributed by atoms with Crippen molar-refractivity contribution < 1.29 is 19.4 Å². The van der Waals surface area contributed by atoms with Gasteiger partial charge >= 0.3 is 0 Å². The second kappa shape index (κ2) is 12.8. The number of nitrogens with one attached hydrogen (secondary N) is 1. The lowest BCUT2D eigenvalue weighted by Gasteiger charge is -2.37. The lowest BCUT2D eigenvalue weighted by Crippen LogP contribution is -2.48. The van der Waals surface area contributed by atoms with Crippen molar-refractivity contribution in [2.75, 3.05) is 20.3 Å². The number of hydrogen-bond acceptors (Lipinski definition) is 5. The minimum atomic E-state index is -1.12. The highest BCUT2D eigenvalue weighted by Gasteiger charge is 2.58. The number of aliphatic hydroxyl groups is 1. The smallest absolute Gasteiger partial charge is 0.239 e. The van der Waals surface area contributed by atoms with Crippen LogP contribution < -0.4 is 5.32 Å². The molecule has 2 atom stereocenters. The number of benzene rings is 3. The predicted molar refractivity (Wildman–Crippen MR) is 151 cm³/mol. The Balaban J connectivity index is 1.81. The van der Waals surface area contributed by atoms with Gasteiger partial charge in [-0.05, 0) is 48.2 Å². The van der Waals surface area contributed by atoms with Crippen LogP contribution in [0.1, 0.15) is 41.1 Å². The molecule has 1 fully saturated rings. The van der Waals surface area contributed by atoms with Crippen LogP contribution >= 0.6 is 23.4 Å². The zero-order chi connectivity index (χ0) is 27.1. The summed E-state index contributed by atoms with van der Waals surface area (Å²) in [5.74, 6) is -0.307. The summed E-state index contributed by atoms with van der Waals surface area (Å²) in [4.78, 5) is 30.5. The minimum Gasteiger partial charge on any atom is -0.392 e. The molecule has 1 heterocycles. The van der Waals surface area contributed by atoms with Crippen LogP contribution in [0.25, 0.3) is 0 Å². The molecule has 0 bridgehead atoms. The Bertz CT molecular complexity index is 1250. The highest BCUT2D eigenvalue weighted by atomic mass is 35.5. The maximum absolute atomic E-state index is 14.1. The molecule has 0 aromatic heterocycles. The molecule has 38 heavy (non-hydrogen) atoms. The van der Waals surface area contributed by atoms with Crippen LogP contribution in [0.5, 0.6) is 0 Å². The molecular weight excluding hydrogens is 520 g/mol. The van der Waals surface area contributed by atoms with Gasteiger partial charge in [0.2, 0.25) is 11.8 Å². The third-order valence-electron chi connectivity index (χ3n) is 6.78. The van der Waals surface area contributed by atoms with Crippen LogP contribution in [0.2, 0.25) is 5.02 Å². The summed E-state index contributed by atoms with van der Waals surface area (Å²) >= 11 is 7.92. The Kier molecular flexibility index (Phi) is 9.49. The lowest BCUT2D eigenvalue weighted by atomic mass is 9.90. The van der Waals surface area contributed by atoms with Crippen LogP contribution in [0.15, 0.2) is 77.7 Å². The number of likely N-dealkylation sites (tertiary alicyclic amines) is 1. The van der Waals surface area contributed by atoms with E-state index in [1.165, 1.54) is 11.8 Å². The lowest BCUT2D eigenvalue weighted by molar-refractivity contribution is -0.129. The predicted octanol–water partition coefficient (Wildman–Crippen LogP) is 5.30. The average molecular weight is 553 g/mol. The molecule has 0 aliphatic carbocycles. The van der Waals surface area contributed by atoms with Crippen molar-refractivity contribution >= 4 is 35.2 Å². The fraction of sp³-hybridized carbons (Fsp3) is 0.333. The van der Waals surface area contributed by atoms with Gasteiger partial charge < -0.3 is 20.1 Å². The Morgan fingerprint density at radius 1 is 1.13 bits per heavy atom. The monoisotopic (exact) mass is 552 g/mol. The van der Waals surface area contributed by atoms with E-state index < -0.39 is 10.8 Å². The van der Waals surface area contributed by atoms with Gasteiger partial charge in [0, 0.05) is 36.7 Å². The number of carbonyl (C=O) groups excluding carboxylic acids is 2. The number of hydrogen-bond donors (Lipinski definition) is 2. The van der Waals surface area contributed by atoms with E-state index in [-0.39, 0.29) is 31.4 Å². The van der Waals surface area contributed by atoms with Gasteiger partial charge in [-0.2, -0.15) is 0 Å². The van der Waals surface area contributed by atoms with Gasteiger partial charge in [-0.25, -0.2) is 0 Å². The van der Waals surface area contributed by atoms with Crippen molar-refractivity contribution in [2.24, 2.45) is 0 Å². The highest BCUT2D eigenvalue weighted by Crippen LogP contribution is 2.53. The number of aryl methyl sites for hydroxylation is 1. The van der Waals surface area contributed by atoms with E-state index in [1.807, 2.05) is 73.7 Å². The minimum absolute atomic E-state index is 0.0402. The normalized spacial score (nSPS) is 19.1. The van der Waals surface area contributed by atoms with Gasteiger partial charge in [0.1, 0.15) is 4.75 Å². The van der Waals surface area contributed by atoms with Crippen molar-refractivity contribution in [1.82, 2.24) is 10.2 Å². The van der Waals surface area contributed by atoms with Crippen LogP contribution in [-0.2, 0) is 27.5 Å². The molecule has 2 amide bonds. The summed E-state index contributed by atoms with van der Waals surface area (Å²) in [6.07, 6.45) is 0.708. The third kappa shape index (κ3) is 6.24. The van der Waals surface area contributed by atoms with Crippen LogP contribution in [0, 0.1) is 6.92 Å². The summed E-state index contributed by atoms with van der Waals surface area (Å²) < 4.78 is 4.03. The number of carbonyl (C=O) groups is 2. The first kappa shape index (κ1) is 28.2. The van der Waals surface area contributed by atoms with Crippen molar-refractivity contribution in [3.05, 3.63) is 100 Å². The first-order valence-electron chi connectivity index (χ1n) is 12.6. The van der Waals surface area contributed by atoms with E-state index >= 15 is 0 Å². The van der Waals surface area contributed by atoms with E-state index in [4.69, 9.17) is 16.3 Å². The molecule has 0 unspecified atom stereocenters. The SMILES string of the molecule is COCCCNC(=O)[C@@]1(Sc2ccc(C)cc2)CC(=O)N(Cc2ccccc2Cl)[C@@H]1c1ccc(CO)cc1. The van der Waals surface area contributed by atoms with Gasteiger partial charge in [0.25, 0.3) is 0 Å². The topological polar surface area (TPSA) is 78.9 Å². The zero-order valence-electron chi connectivity index (χ0n) is 21.7. The van der Waals surface area contributed by atoms with E-state index in [0.717, 1.165) is 27.1 Å². The van der Waals surface area contributed by atoms with E-state index in [1.54, 1.807) is 18.1 Å². The summed E-state index contributed by atoms with van der Waals surface area (Å²) in [7, 11) is 1.63. The van der Waals surface area contributed by atoms with E-state index in [9.17, 15) is 14.7 Å². The van der Waals surface area contributed by atoms with E-state index in [2.05, 4.69) is 5.32 Å². The maximum atomic E-state index is 14.1. The molecule has 4 rings (SSSR count). The number of halogens is 1. The molecule has 8 heteroatoms. The summed E-state index contributed by atoms with van der Waals surface area (Å²) in [5.41, 5.74) is 3.52. The first-order chi connectivity index (χ1) is 18.4. The number of thioether (sulfide) groups is 1. The van der Waals surface area contributed by atoms with Gasteiger partial charge in [-0.3, -0.25) is 9.59 Å². The largest absolute Gasteiger partial charge is 0.392 e. The van der Waals surface area contributed by atoms with Crippen molar-refractivity contribution in [3.63, 3.8) is 0 Å². The second-order valence-corrected chi connectivity index (χ2v) is 11.3. The molecule has 3 aromatic rings. The van der Waals surface area contributed by atoms with Crippen molar-refractivity contribution in [3.8, 4) is 0 Å². The summed E-state index contributed by atoms with van der Waals surface area (Å²) in [6, 6.07) is 22.4. The Morgan fingerprint density at radius 3 is 2.50 bits per heavy atom.